The van der Waals surface area contributed by atoms with Crippen LogP contribution < -0.4 is 5.32 Å². The number of nitrogens with zero attached hydrogens (tertiary/aromatic N) is 2. The van der Waals surface area contributed by atoms with E-state index in [1.165, 1.54) is 24.8 Å². The number of aryl methyl sites for hydroxylation is 1. The van der Waals surface area contributed by atoms with Crippen LogP contribution in [0.3, 0.4) is 0 Å². The van der Waals surface area contributed by atoms with Crippen LogP contribution in [0.4, 0.5) is 5.69 Å². The van der Waals surface area contributed by atoms with Crippen molar-refractivity contribution in [2.24, 2.45) is 4.99 Å². The third kappa shape index (κ3) is 4.55. The molecule has 2 rings (SSSR count). The molecule has 1 fully saturated rings. The quantitative estimate of drug-likeness (QED) is 0.617. The summed E-state index contributed by atoms with van der Waals surface area (Å²) in [6, 6.07) is 8.51. The van der Waals surface area contributed by atoms with Gasteiger partial charge in [0, 0.05) is 18.8 Å². The fraction of sp³-hybridized carbons (Fsp3) is 0.588. The van der Waals surface area contributed by atoms with E-state index >= 15 is 0 Å². The highest BCUT2D eigenvalue weighted by Gasteiger charge is 2.18. The van der Waals surface area contributed by atoms with Crippen molar-refractivity contribution in [1.82, 2.24) is 4.90 Å². The van der Waals surface area contributed by atoms with Crippen LogP contribution in [0.25, 0.3) is 0 Å². The highest BCUT2D eigenvalue weighted by Crippen LogP contribution is 2.16. The van der Waals surface area contributed by atoms with E-state index in [1.54, 1.807) is 0 Å². The molecule has 0 unspecified atom stereocenters. The predicted molar refractivity (Wildman–Crippen MR) is 87.4 cm³/mol. The molecule has 0 amide bonds. The van der Waals surface area contributed by atoms with Gasteiger partial charge >= 0.3 is 0 Å². The molecule has 1 aliphatic rings. The van der Waals surface area contributed by atoms with Crippen molar-refractivity contribution < 1.29 is 0 Å². The number of nitrogens with one attached hydrogen (secondary N) is 1. The minimum atomic E-state index is -0.0650. The van der Waals surface area contributed by atoms with Gasteiger partial charge in [0.2, 0.25) is 0 Å². The van der Waals surface area contributed by atoms with Crippen molar-refractivity contribution in [2.75, 3.05) is 18.4 Å². The van der Waals surface area contributed by atoms with Crippen molar-refractivity contribution in [2.45, 2.75) is 52.5 Å². The van der Waals surface area contributed by atoms with Gasteiger partial charge in [0.15, 0.2) is 5.96 Å². The van der Waals surface area contributed by atoms with Gasteiger partial charge in [-0.25, -0.2) is 4.99 Å². The highest BCUT2D eigenvalue weighted by molar-refractivity contribution is 5.94. The van der Waals surface area contributed by atoms with Gasteiger partial charge in [0.25, 0.3) is 0 Å². The first-order valence-corrected chi connectivity index (χ1v) is 7.62. The zero-order valence-electron chi connectivity index (χ0n) is 13.2. The molecule has 1 aliphatic heterocycles. The lowest BCUT2D eigenvalue weighted by atomic mass is 10.1. The molecular formula is C17H27N3. The average molecular weight is 273 g/mol. The second-order valence-electron chi connectivity index (χ2n) is 6.64. The van der Waals surface area contributed by atoms with Gasteiger partial charge in [-0.05, 0) is 59.1 Å². The van der Waals surface area contributed by atoms with Gasteiger partial charge in [0.1, 0.15) is 0 Å². The molecule has 1 N–H and O–H groups in total. The Bertz CT molecular complexity index is 448. The predicted octanol–water partition coefficient (Wildman–Crippen LogP) is 4.05. The molecular weight excluding hydrogens is 246 g/mol. The zero-order valence-corrected chi connectivity index (χ0v) is 13.2. The summed E-state index contributed by atoms with van der Waals surface area (Å²) >= 11 is 0. The van der Waals surface area contributed by atoms with Crippen molar-refractivity contribution in [3.63, 3.8) is 0 Å². The van der Waals surface area contributed by atoms with Crippen molar-refractivity contribution in [3.05, 3.63) is 29.8 Å². The zero-order chi connectivity index (χ0) is 14.6. The first-order chi connectivity index (χ1) is 9.44. The standard InChI is InChI=1S/C17H27N3/c1-14-8-10-15(11-9-14)18-16(19-17(2,3)4)20-12-6-5-7-13-20/h8-11H,5-7,12-13H2,1-4H3,(H,18,19). The normalized spacial score (nSPS) is 17.2. The van der Waals surface area contributed by atoms with Gasteiger partial charge < -0.3 is 10.2 Å². The van der Waals surface area contributed by atoms with Crippen molar-refractivity contribution >= 4 is 11.6 Å². The third-order valence-electron chi connectivity index (χ3n) is 3.40. The number of anilines is 1. The summed E-state index contributed by atoms with van der Waals surface area (Å²) in [5, 5.41) is 3.51. The number of hydrogen-bond donors (Lipinski definition) is 1. The lowest BCUT2D eigenvalue weighted by Gasteiger charge is -2.32. The fourth-order valence-corrected chi connectivity index (χ4v) is 2.37. The van der Waals surface area contributed by atoms with Gasteiger partial charge in [-0.3, -0.25) is 0 Å². The van der Waals surface area contributed by atoms with Crippen molar-refractivity contribution in [1.29, 1.82) is 0 Å². The molecule has 1 saturated heterocycles. The minimum absolute atomic E-state index is 0.0650. The molecule has 110 valence electrons. The van der Waals surface area contributed by atoms with Crippen LogP contribution in [0.5, 0.6) is 0 Å². The van der Waals surface area contributed by atoms with Crippen LogP contribution in [0.15, 0.2) is 29.3 Å². The molecule has 0 aromatic heterocycles. The third-order valence-corrected chi connectivity index (χ3v) is 3.40. The molecule has 3 heteroatoms. The maximum atomic E-state index is 4.88. The number of likely N-dealkylation sites (tertiary alicyclic amines) is 1. The SMILES string of the molecule is Cc1ccc(NC(=NC(C)(C)C)N2CCCCC2)cc1. The summed E-state index contributed by atoms with van der Waals surface area (Å²) in [6.45, 7) is 10.8. The second kappa shape index (κ2) is 6.29. The van der Waals surface area contributed by atoms with Gasteiger partial charge in [-0.1, -0.05) is 17.7 Å². The lowest BCUT2D eigenvalue weighted by molar-refractivity contribution is 0.337. The largest absolute Gasteiger partial charge is 0.343 e. The number of piperidine rings is 1. The van der Waals surface area contributed by atoms with E-state index in [-0.39, 0.29) is 5.54 Å². The second-order valence-corrected chi connectivity index (χ2v) is 6.64. The smallest absolute Gasteiger partial charge is 0.198 e. The van der Waals surface area contributed by atoms with Gasteiger partial charge in [-0.2, -0.15) is 0 Å². The molecule has 0 bridgehead atoms. The van der Waals surface area contributed by atoms with E-state index in [2.05, 4.69) is 62.2 Å². The van der Waals surface area contributed by atoms with Crippen LogP contribution in [-0.2, 0) is 0 Å². The first kappa shape index (κ1) is 14.9. The Kier molecular flexibility index (Phi) is 4.69. The molecule has 0 spiro atoms. The molecule has 1 heterocycles. The van der Waals surface area contributed by atoms with E-state index in [1.807, 2.05) is 0 Å². The number of benzene rings is 1. The summed E-state index contributed by atoms with van der Waals surface area (Å²) in [6.07, 6.45) is 3.86. The maximum absolute atomic E-state index is 4.88. The van der Waals surface area contributed by atoms with Crippen molar-refractivity contribution in [3.8, 4) is 0 Å². The summed E-state index contributed by atoms with van der Waals surface area (Å²) in [4.78, 5) is 7.27. The summed E-state index contributed by atoms with van der Waals surface area (Å²) in [5.41, 5.74) is 2.33. The Morgan fingerprint density at radius 1 is 1.05 bits per heavy atom. The minimum Gasteiger partial charge on any atom is -0.343 e. The van der Waals surface area contributed by atoms with Crippen LogP contribution in [0.2, 0.25) is 0 Å². The van der Waals surface area contributed by atoms with E-state index < -0.39 is 0 Å². The number of rotatable bonds is 1. The Labute approximate surface area is 123 Å². The Hall–Kier alpha value is -1.51. The Balaban J connectivity index is 2.17. The Morgan fingerprint density at radius 2 is 1.65 bits per heavy atom. The molecule has 0 aliphatic carbocycles. The summed E-state index contributed by atoms with van der Waals surface area (Å²) in [7, 11) is 0. The van der Waals surface area contributed by atoms with Crippen LogP contribution in [0, 0.1) is 6.92 Å². The van der Waals surface area contributed by atoms with Gasteiger partial charge in [0.05, 0.1) is 5.54 Å². The van der Waals surface area contributed by atoms with Crippen LogP contribution >= 0.6 is 0 Å². The topological polar surface area (TPSA) is 27.6 Å². The number of hydrogen-bond acceptors (Lipinski definition) is 1. The van der Waals surface area contributed by atoms with Crippen LogP contribution in [-0.4, -0.2) is 29.5 Å². The van der Waals surface area contributed by atoms with E-state index in [9.17, 15) is 0 Å². The highest BCUT2D eigenvalue weighted by atomic mass is 15.3. The van der Waals surface area contributed by atoms with E-state index in [0.717, 1.165) is 24.7 Å². The molecule has 1 aromatic carbocycles. The average Bonchev–Trinajstić information content (AvgIpc) is 2.40. The molecule has 0 saturated carbocycles. The summed E-state index contributed by atoms with van der Waals surface area (Å²) < 4.78 is 0. The van der Waals surface area contributed by atoms with Gasteiger partial charge in [-0.15, -0.1) is 0 Å². The van der Waals surface area contributed by atoms with E-state index in [4.69, 9.17) is 4.99 Å². The van der Waals surface area contributed by atoms with E-state index in [0.29, 0.717) is 0 Å². The molecule has 20 heavy (non-hydrogen) atoms. The molecule has 0 atom stereocenters. The fourth-order valence-electron chi connectivity index (χ4n) is 2.37. The maximum Gasteiger partial charge on any atom is 0.198 e. The first-order valence-electron chi connectivity index (χ1n) is 7.62. The Morgan fingerprint density at radius 3 is 2.20 bits per heavy atom. The lowest BCUT2D eigenvalue weighted by Crippen LogP contribution is -2.41. The number of guanidine groups is 1. The number of aliphatic imine (C=N–C) groups is 1. The summed E-state index contributed by atoms with van der Waals surface area (Å²) in [5.74, 6) is 1.01. The monoisotopic (exact) mass is 273 g/mol. The molecule has 0 radical (unpaired) electrons. The molecule has 3 nitrogen and oxygen atoms in total. The van der Waals surface area contributed by atoms with Crippen LogP contribution in [0.1, 0.15) is 45.6 Å². The molecule has 1 aromatic rings.